The van der Waals surface area contributed by atoms with Gasteiger partial charge in [-0.15, -0.1) is 12.4 Å². The minimum absolute atomic E-state index is 0. The summed E-state index contributed by atoms with van der Waals surface area (Å²) in [6.45, 7) is 8.51. The number of aromatic nitrogens is 1. The number of ether oxygens (including phenoxy) is 1. The minimum atomic E-state index is -0.691. The lowest BCUT2D eigenvalue weighted by molar-refractivity contribution is 0.296. The van der Waals surface area contributed by atoms with Crippen molar-refractivity contribution >= 4 is 28.3 Å². The monoisotopic (exact) mass is 526 g/mol. The Morgan fingerprint density at radius 3 is 2.47 bits per heavy atom. The van der Waals surface area contributed by atoms with Gasteiger partial charge in [-0.3, -0.25) is 9.36 Å². The molecule has 0 saturated heterocycles. The van der Waals surface area contributed by atoms with Crippen LogP contribution in [0.15, 0.2) is 51.7 Å². The first-order chi connectivity index (χ1) is 14.7. The highest BCUT2D eigenvalue weighted by Crippen LogP contribution is 2.26. The first kappa shape index (κ1) is 26.0. The van der Waals surface area contributed by atoms with Crippen molar-refractivity contribution in [3.8, 4) is 11.4 Å². The second-order valence-corrected chi connectivity index (χ2v) is 8.58. The number of aryl methyl sites for hydroxylation is 2. The third-order valence-corrected chi connectivity index (χ3v) is 5.66. The smallest absolute Gasteiger partial charge is 0.273 e. The molecule has 32 heavy (non-hydrogen) atoms. The van der Waals surface area contributed by atoms with Crippen LogP contribution in [0.3, 0.4) is 0 Å². The van der Waals surface area contributed by atoms with Crippen LogP contribution < -0.4 is 15.6 Å². The summed E-state index contributed by atoms with van der Waals surface area (Å²) >= 11 is 3.33. The maximum absolute atomic E-state index is 13.9. The van der Waals surface area contributed by atoms with Gasteiger partial charge < -0.3 is 10.1 Å². The summed E-state index contributed by atoms with van der Waals surface area (Å²) in [6.07, 6.45) is 0. The summed E-state index contributed by atoms with van der Waals surface area (Å²) in [7, 11) is 0. The first-order valence-electron chi connectivity index (χ1n) is 9.99. The SMILES string of the molecule is Cc1ccc(CNC(C)C)cc1-n1c(C)cc(OCc2ccc(F)cc2F)c(Br)c1=O.Cl. The predicted octanol–water partition coefficient (Wildman–Crippen LogP) is 5.99. The number of hydrogen-bond acceptors (Lipinski definition) is 3. The maximum atomic E-state index is 13.9. The molecule has 8 heteroatoms. The lowest BCUT2D eigenvalue weighted by Gasteiger charge is -2.18. The van der Waals surface area contributed by atoms with Gasteiger partial charge in [0.05, 0.1) is 5.69 Å². The van der Waals surface area contributed by atoms with Crippen LogP contribution in [0.2, 0.25) is 0 Å². The molecule has 1 aromatic heterocycles. The van der Waals surface area contributed by atoms with Gasteiger partial charge in [-0.25, -0.2) is 8.78 Å². The minimum Gasteiger partial charge on any atom is -0.487 e. The molecule has 0 bridgehead atoms. The first-order valence-corrected chi connectivity index (χ1v) is 10.8. The molecule has 1 N–H and O–H groups in total. The van der Waals surface area contributed by atoms with Gasteiger partial charge in [0.15, 0.2) is 0 Å². The number of halogens is 4. The highest BCUT2D eigenvalue weighted by molar-refractivity contribution is 9.10. The Morgan fingerprint density at radius 2 is 1.81 bits per heavy atom. The van der Waals surface area contributed by atoms with E-state index >= 15 is 0 Å². The van der Waals surface area contributed by atoms with E-state index in [1.165, 1.54) is 12.1 Å². The average molecular weight is 528 g/mol. The lowest BCUT2D eigenvalue weighted by atomic mass is 10.1. The Kier molecular flexibility index (Phi) is 9.01. The molecule has 3 aromatic rings. The summed E-state index contributed by atoms with van der Waals surface area (Å²) in [5.41, 5.74) is 3.45. The number of nitrogens with zero attached hydrogens (tertiary/aromatic N) is 1. The second-order valence-electron chi connectivity index (χ2n) is 7.79. The van der Waals surface area contributed by atoms with Crippen LogP contribution in [0.1, 0.15) is 36.2 Å². The molecule has 0 unspecified atom stereocenters. The van der Waals surface area contributed by atoms with Crippen molar-refractivity contribution in [1.29, 1.82) is 0 Å². The van der Waals surface area contributed by atoms with Gasteiger partial charge in [0.25, 0.3) is 5.56 Å². The molecule has 4 nitrogen and oxygen atoms in total. The molecule has 0 fully saturated rings. The van der Waals surface area contributed by atoms with E-state index < -0.39 is 11.6 Å². The zero-order chi connectivity index (χ0) is 22.7. The van der Waals surface area contributed by atoms with Gasteiger partial charge in [0.2, 0.25) is 0 Å². The van der Waals surface area contributed by atoms with E-state index in [1.54, 1.807) is 10.6 Å². The summed E-state index contributed by atoms with van der Waals surface area (Å²) < 4.78 is 34.5. The summed E-state index contributed by atoms with van der Waals surface area (Å²) in [5.74, 6) is -1.04. The normalized spacial score (nSPS) is 10.9. The fourth-order valence-corrected chi connectivity index (χ4v) is 3.61. The molecule has 0 aliphatic rings. The van der Waals surface area contributed by atoms with Gasteiger partial charge in [-0.05, 0) is 59.1 Å². The van der Waals surface area contributed by atoms with E-state index in [9.17, 15) is 13.6 Å². The molecular weight excluding hydrogens is 502 g/mol. The van der Waals surface area contributed by atoms with Crippen LogP contribution in [0.5, 0.6) is 5.75 Å². The van der Waals surface area contributed by atoms with Crippen LogP contribution in [-0.4, -0.2) is 10.6 Å². The van der Waals surface area contributed by atoms with Crippen LogP contribution >= 0.6 is 28.3 Å². The molecule has 2 aromatic carbocycles. The number of hydrogen-bond donors (Lipinski definition) is 1. The Bertz CT molecular complexity index is 1170. The van der Waals surface area contributed by atoms with Crippen molar-refractivity contribution in [3.63, 3.8) is 0 Å². The number of pyridine rings is 1. The number of benzene rings is 2. The third kappa shape index (κ3) is 5.97. The topological polar surface area (TPSA) is 43.3 Å². The highest BCUT2D eigenvalue weighted by Gasteiger charge is 2.16. The predicted molar refractivity (Wildman–Crippen MR) is 129 cm³/mol. The second kappa shape index (κ2) is 11.1. The van der Waals surface area contributed by atoms with E-state index in [4.69, 9.17) is 4.74 Å². The molecule has 0 radical (unpaired) electrons. The fourth-order valence-electron chi connectivity index (χ4n) is 3.21. The largest absolute Gasteiger partial charge is 0.487 e. The van der Waals surface area contributed by atoms with Gasteiger partial charge in [0.1, 0.15) is 28.5 Å². The van der Waals surface area contributed by atoms with E-state index in [0.29, 0.717) is 24.0 Å². The van der Waals surface area contributed by atoms with E-state index in [2.05, 4.69) is 35.1 Å². The van der Waals surface area contributed by atoms with Crippen molar-refractivity contribution in [2.45, 2.75) is 46.9 Å². The molecular formula is C24H26BrClF2N2O2. The zero-order valence-electron chi connectivity index (χ0n) is 18.3. The Labute approximate surface area is 201 Å². The van der Waals surface area contributed by atoms with Crippen LogP contribution in [0, 0.1) is 25.5 Å². The van der Waals surface area contributed by atoms with Gasteiger partial charge in [0, 0.05) is 36.0 Å². The van der Waals surface area contributed by atoms with Crippen molar-refractivity contribution in [1.82, 2.24) is 9.88 Å². The van der Waals surface area contributed by atoms with Crippen LogP contribution in [-0.2, 0) is 13.2 Å². The maximum Gasteiger partial charge on any atom is 0.273 e. The molecule has 0 saturated carbocycles. The highest BCUT2D eigenvalue weighted by atomic mass is 79.9. The summed E-state index contributed by atoms with van der Waals surface area (Å²) in [4.78, 5) is 13.2. The Morgan fingerprint density at radius 1 is 1.09 bits per heavy atom. The summed E-state index contributed by atoms with van der Waals surface area (Å²) in [6, 6.07) is 11.4. The molecule has 0 aliphatic heterocycles. The molecule has 1 heterocycles. The summed E-state index contributed by atoms with van der Waals surface area (Å²) in [5, 5.41) is 3.38. The Balaban J connectivity index is 0.00000363. The molecule has 172 valence electrons. The van der Waals surface area contributed by atoms with Crippen LogP contribution in [0.25, 0.3) is 5.69 Å². The standard InChI is InChI=1S/C24H25BrF2N2O2.ClH/c1-14(2)28-12-17-6-5-15(3)21(10-17)29-16(4)9-22(23(25)24(29)30)31-13-18-7-8-19(26)11-20(18)27;/h5-11,14,28H,12-13H2,1-4H3;1H. The number of rotatable bonds is 7. The molecule has 0 aliphatic carbocycles. The van der Waals surface area contributed by atoms with Crippen molar-refractivity contribution in [2.24, 2.45) is 0 Å². The number of nitrogens with one attached hydrogen (secondary N) is 1. The van der Waals surface area contributed by atoms with Gasteiger partial charge >= 0.3 is 0 Å². The third-order valence-electron chi connectivity index (χ3n) is 4.93. The average Bonchev–Trinajstić information content (AvgIpc) is 2.71. The van der Waals surface area contributed by atoms with E-state index in [1.807, 2.05) is 32.0 Å². The van der Waals surface area contributed by atoms with Crippen LogP contribution in [0.4, 0.5) is 8.78 Å². The van der Waals surface area contributed by atoms with Crippen molar-refractivity contribution in [2.75, 3.05) is 0 Å². The quantitative estimate of drug-likeness (QED) is 0.410. The fraction of sp³-hybridized carbons (Fsp3) is 0.292. The van der Waals surface area contributed by atoms with E-state index in [-0.39, 0.29) is 34.6 Å². The van der Waals surface area contributed by atoms with E-state index in [0.717, 1.165) is 22.9 Å². The molecule has 0 atom stereocenters. The molecule has 0 spiro atoms. The van der Waals surface area contributed by atoms with Gasteiger partial charge in [-0.1, -0.05) is 26.0 Å². The molecule has 3 rings (SSSR count). The zero-order valence-corrected chi connectivity index (χ0v) is 20.7. The lowest BCUT2D eigenvalue weighted by Crippen LogP contribution is -2.24. The molecule has 0 amide bonds. The van der Waals surface area contributed by atoms with Gasteiger partial charge in [-0.2, -0.15) is 0 Å². The van der Waals surface area contributed by atoms with Crippen molar-refractivity contribution in [3.05, 3.63) is 91.3 Å². The van der Waals surface area contributed by atoms with Crippen molar-refractivity contribution < 1.29 is 13.5 Å². The Hall–Kier alpha value is -2.22.